The average molecular weight is 302 g/mol. The fourth-order valence-corrected chi connectivity index (χ4v) is 3.67. The van der Waals surface area contributed by atoms with Crippen molar-refractivity contribution in [1.82, 2.24) is 19.7 Å². The van der Waals surface area contributed by atoms with Crippen LogP contribution in [-0.4, -0.2) is 77.9 Å². The van der Waals surface area contributed by atoms with Crippen LogP contribution in [0.4, 0.5) is 0 Å². The second kappa shape index (κ2) is 5.97. The zero-order valence-electron chi connectivity index (χ0n) is 13.9. The number of nitrogens with zero attached hydrogens (tertiary/aromatic N) is 4. The average Bonchev–Trinajstić information content (AvgIpc) is 2.53. The maximum Gasteiger partial charge on any atom is 0.255 e. The molecular weight excluding hydrogens is 276 g/mol. The van der Waals surface area contributed by atoms with Crippen molar-refractivity contribution < 1.29 is 4.79 Å². The molecule has 2 aliphatic heterocycles. The zero-order valence-corrected chi connectivity index (χ0v) is 13.9. The molecule has 0 unspecified atom stereocenters. The first-order chi connectivity index (χ1) is 10.5. The summed E-state index contributed by atoms with van der Waals surface area (Å²) in [5, 5.41) is 0. The van der Waals surface area contributed by atoms with Crippen LogP contribution in [0.25, 0.3) is 0 Å². The van der Waals surface area contributed by atoms with Crippen molar-refractivity contribution >= 4 is 5.91 Å². The van der Waals surface area contributed by atoms with Gasteiger partial charge in [-0.2, -0.15) is 0 Å². The summed E-state index contributed by atoms with van der Waals surface area (Å²) in [6.07, 6.45) is 5.72. The van der Waals surface area contributed by atoms with E-state index in [0.717, 1.165) is 56.7 Å². The minimum atomic E-state index is 0.136. The van der Waals surface area contributed by atoms with Gasteiger partial charge in [0.1, 0.15) is 0 Å². The molecule has 3 rings (SSSR count). The molecule has 120 valence electrons. The van der Waals surface area contributed by atoms with Crippen LogP contribution in [0.1, 0.15) is 28.8 Å². The molecule has 0 aromatic carbocycles. The fourth-order valence-electron chi connectivity index (χ4n) is 3.67. The van der Waals surface area contributed by atoms with Crippen LogP contribution in [0, 0.1) is 6.92 Å². The number of aromatic nitrogens is 1. The number of likely N-dealkylation sites (N-methyl/N-ethyl adjacent to an activating group) is 1. The number of aryl methyl sites for hydroxylation is 1. The summed E-state index contributed by atoms with van der Waals surface area (Å²) in [7, 11) is 4.39. The molecule has 0 saturated carbocycles. The minimum absolute atomic E-state index is 0.136. The van der Waals surface area contributed by atoms with E-state index in [1.54, 1.807) is 12.4 Å². The molecule has 1 spiro atoms. The first kappa shape index (κ1) is 15.4. The van der Waals surface area contributed by atoms with Crippen LogP contribution in [-0.2, 0) is 0 Å². The third-order valence-electron chi connectivity index (χ3n) is 5.47. The van der Waals surface area contributed by atoms with Crippen molar-refractivity contribution in [3.8, 4) is 0 Å². The number of pyridine rings is 1. The zero-order chi connectivity index (χ0) is 15.7. The third kappa shape index (κ3) is 2.75. The van der Waals surface area contributed by atoms with E-state index in [-0.39, 0.29) is 11.4 Å². The highest BCUT2D eigenvalue weighted by molar-refractivity contribution is 5.95. The molecular formula is C17H26N4O. The predicted octanol–water partition coefficient (Wildman–Crippen LogP) is 1.24. The van der Waals surface area contributed by atoms with Crippen molar-refractivity contribution in [2.24, 2.45) is 0 Å². The highest BCUT2D eigenvalue weighted by Crippen LogP contribution is 2.31. The number of carbonyl (C=O) groups is 1. The smallest absolute Gasteiger partial charge is 0.255 e. The molecule has 0 aliphatic carbocycles. The molecule has 5 nitrogen and oxygen atoms in total. The number of piperidine rings is 1. The van der Waals surface area contributed by atoms with E-state index >= 15 is 0 Å². The molecule has 0 atom stereocenters. The lowest BCUT2D eigenvalue weighted by Crippen LogP contribution is -2.65. The highest BCUT2D eigenvalue weighted by atomic mass is 16.2. The quantitative estimate of drug-likeness (QED) is 0.782. The molecule has 2 aliphatic rings. The number of carbonyl (C=O) groups excluding carboxylic acids is 1. The Balaban J connectivity index is 1.78. The van der Waals surface area contributed by atoms with Gasteiger partial charge < -0.3 is 9.80 Å². The van der Waals surface area contributed by atoms with Crippen molar-refractivity contribution in [2.45, 2.75) is 25.3 Å². The summed E-state index contributed by atoms with van der Waals surface area (Å²) in [5.41, 5.74) is 1.91. The Bertz CT molecular complexity index is 551. The number of piperazine rings is 1. The second-order valence-corrected chi connectivity index (χ2v) is 6.87. The molecule has 1 aromatic heterocycles. The predicted molar refractivity (Wildman–Crippen MR) is 87.0 cm³/mol. The van der Waals surface area contributed by atoms with Gasteiger partial charge in [-0.3, -0.25) is 14.7 Å². The largest absolute Gasteiger partial charge is 0.335 e. The van der Waals surface area contributed by atoms with E-state index in [4.69, 9.17) is 0 Å². The van der Waals surface area contributed by atoms with Crippen molar-refractivity contribution in [3.05, 3.63) is 29.6 Å². The van der Waals surface area contributed by atoms with Crippen LogP contribution in [0.5, 0.6) is 0 Å². The Hall–Kier alpha value is -1.46. The summed E-state index contributed by atoms with van der Waals surface area (Å²) < 4.78 is 0. The van der Waals surface area contributed by atoms with Crippen LogP contribution in [0.15, 0.2) is 18.5 Å². The number of hydrogen-bond donors (Lipinski definition) is 0. The van der Waals surface area contributed by atoms with Gasteiger partial charge in [-0.25, -0.2) is 0 Å². The van der Waals surface area contributed by atoms with Gasteiger partial charge in [0, 0.05) is 37.6 Å². The van der Waals surface area contributed by atoms with Crippen LogP contribution < -0.4 is 0 Å². The Morgan fingerprint density at radius 2 is 1.91 bits per heavy atom. The summed E-state index contributed by atoms with van der Waals surface area (Å²) in [5.74, 6) is 0.136. The van der Waals surface area contributed by atoms with E-state index in [0.29, 0.717) is 0 Å². The van der Waals surface area contributed by atoms with E-state index in [9.17, 15) is 4.79 Å². The van der Waals surface area contributed by atoms with Crippen LogP contribution in [0.3, 0.4) is 0 Å². The third-order valence-corrected chi connectivity index (χ3v) is 5.47. The van der Waals surface area contributed by atoms with Gasteiger partial charge in [0.05, 0.1) is 5.56 Å². The molecule has 1 aromatic rings. The van der Waals surface area contributed by atoms with Crippen molar-refractivity contribution in [2.75, 3.05) is 46.8 Å². The van der Waals surface area contributed by atoms with E-state index < -0.39 is 0 Å². The van der Waals surface area contributed by atoms with E-state index in [1.807, 2.05) is 17.9 Å². The maximum absolute atomic E-state index is 12.9. The number of likely N-dealkylation sites (tertiary alicyclic amines) is 1. The van der Waals surface area contributed by atoms with Gasteiger partial charge >= 0.3 is 0 Å². The molecule has 5 heteroatoms. The molecule has 22 heavy (non-hydrogen) atoms. The van der Waals surface area contributed by atoms with Gasteiger partial charge in [0.15, 0.2) is 0 Å². The highest BCUT2D eigenvalue weighted by Gasteiger charge is 2.42. The van der Waals surface area contributed by atoms with E-state index in [2.05, 4.69) is 28.9 Å². The summed E-state index contributed by atoms with van der Waals surface area (Å²) in [4.78, 5) is 23.9. The van der Waals surface area contributed by atoms with Gasteiger partial charge in [-0.1, -0.05) is 0 Å². The molecule has 0 bridgehead atoms. The SMILES string of the molecule is Cc1ccncc1C(=O)N1CCN(C)C2(CCN(C)CC2)C1. The Labute approximate surface area is 132 Å². The summed E-state index contributed by atoms with van der Waals surface area (Å²) in [6, 6.07) is 1.91. The van der Waals surface area contributed by atoms with Crippen molar-refractivity contribution in [1.29, 1.82) is 0 Å². The molecule has 0 radical (unpaired) electrons. The topological polar surface area (TPSA) is 39.7 Å². The van der Waals surface area contributed by atoms with Crippen molar-refractivity contribution in [3.63, 3.8) is 0 Å². The van der Waals surface area contributed by atoms with Gasteiger partial charge in [-0.15, -0.1) is 0 Å². The van der Waals surface area contributed by atoms with Crippen LogP contribution >= 0.6 is 0 Å². The molecule has 1 amide bonds. The first-order valence-corrected chi connectivity index (χ1v) is 8.11. The maximum atomic E-state index is 12.9. The number of hydrogen-bond acceptors (Lipinski definition) is 4. The fraction of sp³-hybridized carbons (Fsp3) is 0.647. The normalized spacial score (nSPS) is 23.0. The molecule has 0 N–H and O–H groups in total. The summed E-state index contributed by atoms with van der Waals surface area (Å²) in [6.45, 7) is 6.80. The molecule has 2 fully saturated rings. The van der Waals surface area contributed by atoms with Gasteiger partial charge in [0.2, 0.25) is 0 Å². The van der Waals surface area contributed by atoms with Gasteiger partial charge in [0.25, 0.3) is 5.91 Å². The lowest BCUT2D eigenvalue weighted by molar-refractivity contribution is -0.0170. The first-order valence-electron chi connectivity index (χ1n) is 8.11. The number of rotatable bonds is 1. The summed E-state index contributed by atoms with van der Waals surface area (Å²) >= 11 is 0. The lowest BCUT2D eigenvalue weighted by atomic mass is 9.83. The number of amides is 1. The minimum Gasteiger partial charge on any atom is -0.335 e. The second-order valence-electron chi connectivity index (χ2n) is 6.87. The van der Waals surface area contributed by atoms with E-state index in [1.165, 1.54) is 0 Å². The van der Waals surface area contributed by atoms with Gasteiger partial charge in [-0.05, 0) is 58.6 Å². The monoisotopic (exact) mass is 302 g/mol. The molecule has 2 saturated heterocycles. The molecule has 3 heterocycles. The lowest BCUT2D eigenvalue weighted by Gasteiger charge is -2.52. The van der Waals surface area contributed by atoms with Crippen LogP contribution in [0.2, 0.25) is 0 Å². The Kier molecular flexibility index (Phi) is 4.19. The standard InChI is InChI=1S/C17H26N4O/c1-14-4-7-18-12-15(14)16(22)21-11-10-20(3)17(13-21)5-8-19(2)9-6-17/h4,7,12H,5-6,8-11,13H2,1-3H3. The Morgan fingerprint density at radius 1 is 1.18 bits per heavy atom. The Morgan fingerprint density at radius 3 is 2.59 bits per heavy atom.